The zero-order valence-corrected chi connectivity index (χ0v) is 33.0. The van der Waals surface area contributed by atoms with Crippen LogP contribution in [0.1, 0.15) is 58.6 Å². The highest BCUT2D eigenvalue weighted by Crippen LogP contribution is 2.39. The third-order valence-corrected chi connectivity index (χ3v) is 11.3. The fourth-order valence-corrected chi connectivity index (χ4v) is 8.06. The monoisotopic (exact) mass is 794 g/mol. The van der Waals surface area contributed by atoms with Gasteiger partial charge in [-0.1, -0.05) is 121 Å². The molecule has 3 amide bonds. The molecule has 3 heterocycles. The molecule has 11 nitrogen and oxygen atoms in total. The summed E-state index contributed by atoms with van der Waals surface area (Å²) in [5, 5.41) is 12.2. The molecule has 0 bridgehead atoms. The van der Waals surface area contributed by atoms with Crippen LogP contribution >= 0.6 is 0 Å². The maximum absolute atomic E-state index is 13.3. The van der Waals surface area contributed by atoms with E-state index in [9.17, 15) is 19.5 Å². The Morgan fingerprint density at radius 2 is 1.34 bits per heavy atom. The molecule has 3 saturated heterocycles. The highest BCUT2D eigenvalue weighted by molar-refractivity contribution is 6.06. The fourth-order valence-electron chi connectivity index (χ4n) is 8.06. The zero-order valence-electron chi connectivity index (χ0n) is 33.0. The van der Waals surface area contributed by atoms with Crippen molar-refractivity contribution in [2.45, 2.75) is 63.7 Å². The van der Waals surface area contributed by atoms with E-state index in [0.29, 0.717) is 6.42 Å². The van der Waals surface area contributed by atoms with Crippen molar-refractivity contribution in [1.29, 1.82) is 0 Å². The molecule has 4 atom stereocenters. The van der Waals surface area contributed by atoms with Gasteiger partial charge in [0.15, 0.2) is 6.29 Å². The summed E-state index contributed by atoms with van der Waals surface area (Å²) >= 11 is 0. The lowest BCUT2D eigenvalue weighted by molar-refractivity contribution is -0.253. The number of aliphatic hydroxyl groups excluding tert-OH is 1. The first-order valence-corrected chi connectivity index (χ1v) is 20.4. The zero-order chi connectivity index (χ0) is 40.6. The number of aliphatic hydroxyl groups is 1. The molecule has 11 heteroatoms. The number of nitrogens with zero attached hydrogens (tertiary/aromatic N) is 3. The molecular formula is C48H50N4O7. The fraction of sp³-hybridized carbons (Fsp3) is 0.312. The molecule has 0 aliphatic carbocycles. The summed E-state index contributed by atoms with van der Waals surface area (Å²) in [6.45, 7) is 5.80. The molecule has 304 valence electrons. The van der Waals surface area contributed by atoms with E-state index >= 15 is 0 Å². The van der Waals surface area contributed by atoms with Gasteiger partial charge in [-0.25, -0.2) is 4.79 Å². The summed E-state index contributed by atoms with van der Waals surface area (Å²) < 4.78 is 18.7. The standard InChI is InChI=1S/C48H50N4O7/c53-32-35-17-19-38(20-18-35)44-27-42(31-51-23-21-50(22-24-51)29-34-9-3-1-4-10-34)58-47(59-44)41-16-8-15-40(26-41)39-14-7-13-37(25-39)30-52-45(54)28-43(46(52)55)49-48(56)57-33-36-11-5-2-6-12-36/h1-20,25-26,42-44,47,53H,21-24,27-33H2,(H,49,56)/t42-,43?,44+,47+/m1/s1. The molecule has 2 N–H and O–H groups in total. The molecule has 3 fully saturated rings. The van der Waals surface area contributed by atoms with Crippen molar-refractivity contribution in [1.82, 2.24) is 20.0 Å². The Morgan fingerprint density at radius 1 is 0.678 bits per heavy atom. The van der Waals surface area contributed by atoms with E-state index in [0.717, 1.165) is 78.2 Å². The molecule has 3 aliphatic heterocycles. The van der Waals surface area contributed by atoms with Crippen LogP contribution in [0.25, 0.3) is 11.1 Å². The maximum atomic E-state index is 13.3. The van der Waals surface area contributed by atoms with Crippen LogP contribution in [-0.2, 0) is 50.1 Å². The molecule has 0 radical (unpaired) electrons. The number of ether oxygens (including phenoxy) is 3. The Morgan fingerprint density at radius 3 is 2.07 bits per heavy atom. The molecule has 0 spiro atoms. The third kappa shape index (κ3) is 10.3. The smallest absolute Gasteiger partial charge is 0.408 e. The van der Waals surface area contributed by atoms with Crippen molar-refractivity contribution in [2.75, 3.05) is 32.7 Å². The number of benzene rings is 5. The lowest BCUT2D eigenvalue weighted by Gasteiger charge is -2.41. The van der Waals surface area contributed by atoms with E-state index in [-0.39, 0.29) is 44.3 Å². The Hall–Kier alpha value is -5.69. The molecule has 5 aromatic carbocycles. The van der Waals surface area contributed by atoms with Gasteiger partial charge in [0.1, 0.15) is 12.6 Å². The van der Waals surface area contributed by atoms with Crippen molar-refractivity contribution in [3.63, 3.8) is 0 Å². The predicted molar refractivity (Wildman–Crippen MR) is 222 cm³/mol. The second-order valence-corrected chi connectivity index (χ2v) is 15.5. The molecule has 3 aliphatic rings. The quantitative estimate of drug-likeness (QED) is 0.125. The van der Waals surface area contributed by atoms with Crippen LogP contribution in [0.3, 0.4) is 0 Å². The summed E-state index contributed by atoms with van der Waals surface area (Å²) in [7, 11) is 0. The van der Waals surface area contributed by atoms with Crippen LogP contribution in [0.5, 0.6) is 0 Å². The first-order chi connectivity index (χ1) is 28.9. The van der Waals surface area contributed by atoms with Gasteiger partial charge in [0, 0.05) is 51.3 Å². The number of hydrogen-bond donors (Lipinski definition) is 2. The molecule has 5 aromatic rings. The van der Waals surface area contributed by atoms with E-state index in [1.54, 1.807) is 0 Å². The Kier molecular flexibility index (Phi) is 12.9. The minimum absolute atomic E-state index is 0.0151. The number of likely N-dealkylation sites (tertiary alicyclic amines) is 1. The van der Waals surface area contributed by atoms with Gasteiger partial charge in [0.05, 0.1) is 31.8 Å². The minimum atomic E-state index is -0.981. The van der Waals surface area contributed by atoms with Crippen molar-refractivity contribution in [3.05, 3.63) is 167 Å². The van der Waals surface area contributed by atoms with Gasteiger partial charge in [0.25, 0.3) is 5.91 Å². The van der Waals surface area contributed by atoms with E-state index in [1.807, 2.05) is 97.1 Å². The number of hydrogen-bond acceptors (Lipinski definition) is 9. The van der Waals surface area contributed by atoms with Crippen LogP contribution in [0.4, 0.5) is 4.79 Å². The SMILES string of the molecule is O=C(NC1CC(=O)N(Cc2cccc(-c3cccc([C@H]4O[C@@H](CN5CCN(Cc6ccccc6)CC5)C[C@@H](c5ccc(CO)cc5)O4)c3)c2)C1=O)OCc1ccccc1. The van der Waals surface area contributed by atoms with Crippen LogP contribution < -0.4 is 5.32 Å². The molecule has 8 rings (SSSR count). The summed E-state index contributed by atoms with van der Waals surface area (Å²) in [6.07, 6.45) is -1.03. The average Bonchev–Trinajstić information content (AvgIpc) is 3.54. The summed E-state index contributed by atoms with van der Waals surface area (Å²) in [5.41, 5.74) is 7.58. The van der Waals surface area contributed by atoms with Gasteiger partial charge in [-0.3, -0.25) is 24.3 Å². The number of alkyl carbamates (subject to hydrolysis) is 1. The van der Waals surface area contributed by atoms with Crippen molar-refractivity contribution < 1.29 is 33.7 Å². The number of imide groups is 1. The van der Waals surface area contributed by atoms with Crippen LogP contribution in [0, 0.1) is 0 Å². The van der Waals surface area contributed by atoms with Gasteiger partial charge in [-0.15, -0.1) is 0 Å². The molecule has 59 heavy (non-hydrogen) atoms. The van der Waals surface area contributed by atoms with Crippen LogP contribution in [-0.4, -0.2) is 82.6 Å². The number of nitrogens with one attached hydrogen (secondary N) is 1. The van der Waals surface area contributed by atoms with Gasteiger partial charge >= 0.3 is 6.09 Å². The van der Waals surface area contributed by atoms with E-state index in [1.165, 1.54) is 10.5 Å². The maximum Gasteiger partial charge on any atom is 0.408 e. The topological polar surface area (TPSA) is 121 Å². The molecule has 0 aromatic heterocycles. The first kappa shape index (κ1) is 40.1. The summed E-state index contributed by atoms with van der Waals surface area (Å²) in [5.74, 6) is -0.818. The molecule has 0 saturated carbocycles. The van der Waals surface area contributed by atoms with Crippen molar-refractivity contribution >= 4 is 17.9 Å². The lowest BCUT2D eigenvalue weighted by Crippen LogP contribution is -2.49. The lowest BCUT2D eigenvalue weighted by atomic mass is 9.98. The molecule has 1 unspecified atom stereocenters. The highest BCUT2D eigenvalue weighted by atomic mass is 16.7. The van der Waals surface area contributed by atoms with Crippen molar-refractivity contribution in [2.24, 2.45) is 0 Å². The van der Waals surface area contributed by atoms with Gasteiger partial charge in [0.2, 0.25) is 5.91 Å². The number of amides is 3. The summed E-state index contributed by atoms with van der Waals surface area (Å²) in [6, 6.07) is 42.7. The van der Waals surface area contributed by atoms with E-state index in [4.69, 9.17) is 14.2 Å². The van der Waals surface area contributed by atoms with E-state index < -0.39 is 24.3 Å². The number of rotatable bonds is 13. The number of piperazine rings is 1. The van der Waals surface area contributed by atoms with Gasteiger partial charge in [-0.05, 0) is 51.1 Å². The largest absolute Gasteiger partial charge is 0.445 e. The highest BCUT2D eigenvalue weighted by Gasteiger charge is 2.40. The Labute approximate surface area is 345 Å². The number of carbonyl (C=O) groups is 3. The van der Waals surface area contributed by atoms with E-state index in [2.05, 4.69) is 51.5 Å². The van der Waals surface area contributed by atoms with Gasteiger partial charge < -0.3 is 24.6 Å². The molecular weight excluding hydrogens is 745 g/mol. The van der Waals surface area contributed by atoms with Gasteiger partial charge in [-0.2, -0.15) is 0 Å². The first-order valence-electron chi connectivity index (χ1n) is 20.4. The van der Waals surface area contributed by atoms with Crippen molar-refractivity contribution in [3.8, 4) is 11.1 Å². The minimum Gasteiger partial charge on any atom is -0.445 e. The van der Waals surface area contributed by atoms with Crippen LogP contribution in [0.2, 0.25) is 0 Å². The predicted octanol–water partition coefficient (Wildman–Crippen LogP) is 6.76. The number of carbonyl (C=O) groups excluding carboxylic acids is 3. The summed E-state index contributed by atoms with van der Waals surface area (Å²) in [4.78, 5) is 45.0. The second kappa shape index (κ2) is 18.9. The second-order valence-electron chi connectivity index (χ2n) is 15.5. The van der Waals surface area contributed by atoms with Crippen LogP contribution in [0.15, 0.2) is 133 Å². The average molecular weight is 795 g/mol. The Bertz CT molecular complexity index is 2190. The Balaban J connectivity index is 0.926. The normalized spacial score (nSPS) is 21.4. The third-order valence-electron chi connectivity index (χ3n) is 11.3.